The highest BCUT2D eigenvalue weighted by molar-refractivity contribution is 5.91. The fourth-order valence-electron chi connectivity index (χ4n) is 2.13. The summed E-state index contributed by atoms with van der Waals surface area (Å²) in [6.07, 6.45) is 2.02. The van der Waals surface area contributed by atoms with Crippen LogP contribution >= 0.6 is 0 Å². The minimum Gasteiger partial charge on any atom is -0.347 e. The molecule has 0 heterocycles. The molecule has 5 N–H and O–H groups in total. The number of unbranched alkanes of at least 4 members (excludes halogenated alkanes) is 1. The number of rotatable bonds is 11. The SMILES string of the molecule is CN[C@H](C(=O)N[C@@H](CCCCN)C(=O)NCC(C)=O)C(C)C. The van der Waals surface area contributed by atoms with Crippen molar-refractivity contribution in [2.75, 3.05) is 20.1 Å². The molecule has 0 aromatic heterocycles. The maximum absolute atomic E-state index is 12.3. The summed E-state index contributed by atoms with van der Waals surface area (Å²) in [6.45, 7) is 5.78. The molecule has 0 fully saturated rings. The predicted molar refractivity (Wildman–Crippen MR) is 86.2 cm³/mol. The third kappa shape index (κ3) is 8.09. The van der Waals surface area contributed by atoms with Crippen LogP contribution in [-0.2, 0) is 14.4 Å². The Kier molecular flexibility index (Phi) is 10.4. The van der Waals surface area contributed by atoms with E-state index >= 15 is 0 Å². The number of hydrogen-bond donors (Lipinski definition) is 4. The zero-order valence-electron chi connectivity index (χ0n) is 14.1. The fraction of sp³-hybridized carbons (Fsp3) is 0.800. The summed E-state index contributed by atoms with van der Waals surface area (Å²) in [7, 11) is 1.71. The fourth-order valence-corrected chi connectivity index (χ4v) is 2.13. The highest BCUT2D eigenvalue weighted by Gasteiger charge is 2.26. The molecule has 0 saturated heterocycles. The van der Waals surface area contributed by atoms with Crippen LogP contribution in [0.1, 0.15) is 40.0 Å². The van der Waals surface area contributed by atoms with Gasteiger partial charge in [0, 0.05) is 0 Å². The smallest absolute Gasteiger partial charge is 0.242 e. The lowest BCUT2D eigenvalue weighted by atomic mass is 10.0. The normalized spacial score (nSPS) is 13.5. The van der Waals surface area contributed by atoms with Crippen LogP contribution in [0.15, 0.2) is 0 Å². The van der Waals surface area contributed by atoms with E-state index in [1.54, 1.807) is 7.05 Å². The maximum Gasteiger partial charge on any atom is 0.242 e. The Morgan fingerprint density at radius 2 is 1.73 bits per heavy atom. The molecular weight excluding hydrogens is 284 g/mol. The molecule has 7 heteroatoms. The second-order valence-corrected chi connectivity index (χ2v) is 5.78. The summed E-state index contributed by atoms with van der Waals surface area (Å²) in [4.78, 5) is 35.4. The number of carbonyl (C=O) groups excluding carboxylic acids is 3. The van der Waals surface area contributed by atoms with Gasteiger partial charge in [-0.25, -0.2) is 0 Å². The molecule has 0 aliphatic carbocycles. The molecule has 2 atom stereocenters. The van der Waals surface area contributed by atoms with E-state index in [1.807, 2.05) is 13.8 Å². The number of likely N-dealkylation sites (N-methyl/N-ethyl adjacent to an activating group) is 1. The third-order valence-electron chi connectivity index (χ3n) is 3.35. The molecular formula is C15H30N4O3. The summed E-state index contributed by atoms with van der Waals surface area (Å²) >= 11 is 0. The lowest BCUT2D eigenvalue weighted by Crippen LogP contribution is -2.54. The molecule has 0 saturated carbocycles. The van der Waals surface area contributed by atoms with E-state index in [1.165, 1.54) is 6.92 Å². The summed E-state index contributed by atoms with van der Waals surface area (Å²) in [5.41, 5.74) is 5.46. The molecule has 128 valence electrons. The van der Waals surface area contributed by atoms with Crippen LogP contribution in [0.2, 0.25) is 0 Å². The Hall–Kier alpha value is -1.47. The number of carbonyl (C=O) groups is 3. The molecule has 7 nitrogen and oxygen atoms in total. The lowest BCUT2D eigenvalue weighted by molar-refractivity contribution is -0.131. The summed E-state index contributed by atoms with van der Waals surface area (Å²) < 4.78 is 0. The van der Waals surface area contributed by atoms with Crippen LogP contribution in [0.5, 0.6) is 0 Å². The second-order valence-electron chi connectivity index (χ2n) is 5.78. The van der Waals surface area contributed by atoms with E-state index in [0.29, 0.717) is 13.0 Å². The second kappa shape index (κ2) is 11.1. The molecule has 0 spiro atoms. The van der Waals surface area contributed by atoms with Gasteiger partial charge < -0.3 is 21.7 Å². The minimum atomic E-state index is -0.645. The highest BCUT2D eigenvalue weighted by Crippen LogP contribution is 2.05. The van der Waals surface area contributed by atoms with Gasteiger partial charge in [0.2, 0.25) is 11.8 Å². The van der Waals surface area contributed by atoms with Gasteiger partial charge in [-0.2, -0.15) is 0 Å². The van der Waals surface area contributed by atoms with Crippen molar-refractivity contribution in [3.05, 3.63) is 0 Å². The van der Waals surface area contributed by atoms with Gasteiger partial charge in [-0.3, -0.25) is 14.4 Å². The zero-order valence-corrected chi connectivity index (χ0v) is 14.1. The number of Topliss-reactive ketones (excluding diaryl/α,β-unsaturated/α-hetero) is 1. The van der Waals surface area contributed by atoms with Crippen molar-refractivity contribution < 1.29 is 14.4 Å². The Labute approximate surface area is 132 Å². The molecule has 2 amide bonds. The third-order valence-corrected chi connectivity index (χ3v) is 3.35. The molecule has 0 radical (unpaired) electrons. The van der Waals surface area contributed by atoms with Crippen molar-refractivity contribution in [3.63, 3.8) is 0 Å². The first kappa shape index (κ1) is 20.5. The molecule has 0 aromatic carbocycles. The molecule has 0 bridgehead atoms. The zero-order chi connectivity index (χ0) is 17.1. The number of ketones is 1. The number of amides is 2. The molecule has 0 rings (SSSR count). The molecule has 0 aromatic rings. The van der Waals surface area contributed by atoms with Crippen molar-refractivity contribution >= 4 is 17.6 Å². The highest BCUT2D eigenvalue weighted by atomic mass is 16.2. The summed E-state index contributed by atoms with van der Waals surface area (Å²) in [5.74, 6) is -0.571. The van der Waals surface area contributed by atoms with Gasteiger partial charge in [0.1, 0.15) is 11.8 Å². The van der Waals surface area contributed by atoms with E-state index < -0.39 is 6.04 Å². The van der Waals surface area contributed by atoms with Gasteiger partial charge >= 0.3 is 0 Å². The molecule has 0 aliphatic rings. The quantitative estimate of drug-likeness (QED) is 0.386. The van der Waals surface area contributed by atoms with Crippen molar-refractivity contribution in [2.24, 2.45) is 11.7 Å². The standard InChI is InChI=1S/C15H30N4O3/c1-10(2)13(17-4)15(22)19-12(7-5-6-8-16)14(21)18-9-11(3)20/h10,12-13,17H,5-9,16H2,1-4H3,(H,18,21)(H,19,22)/t12-,13-/m0/s1. The number of nitrogens with two attached hydrogens (primary N) is 1. The largest absolute Gasteiger partial charge is 0.347 e. The number of hydrogen-bond acceptors (Lipinski definition) is 5. The average Bonchev–Trinajstić information content (AvgIpc) is 2.44. The van der Waals surface area contributed by atoms with E-state index in [-0.39, 0.29) is 36.1 Å². The average molecular weight is 314 g/mol. The van der Waals surface area contributed by atoms with E-state index in [9.17, 15) is 14.4 Å². The Morgan fingerprint density at radius 1 is 1.09 bits per heavy atom. The van der Waals surface area contributed by atoms with Gasteiger partial charge in [0.25, 0.3) is 0 Å². The lowest BCUT2D eigenvalue weighted by Gasteiger charge is -2.24. The first-order chi connectivity index (χ1) is 10.3. The Balaban J connectivity index is 4.72. The first-order valence-corrected chi connectivity index (χ1v) is 7.78. The topological polar surface area (TPSA) is 113 Å². The summed E-state index contributed by atoms with van der Waals surface area (Å²) in [6, 6.07) is -1.01. The van der Waals surface area contributed by atoms with E-state index in [4.69, 9.17) is 5.73 Å². The summed E-state index contributed by atoms with van der Waals surface area (Å²) in [5, 5.41) is 8.26. The van der Waals surface area contributed by atoms with Crippen LogP contribution in [0.3, 0.4) is 0 Å². The molecule has 0 unspecified atom stereocenters. The van der Waals surface area contributed by atoms with Crippen LogP contribution in [0.25, 0.3) is 0 Å². The van der Waals surface area contributed by atoms with Crippen molar-refractivity contribution in [1.82, 2.24) is 16.0 Å². The number of nitrogens with one attached hydrogen (secondary N) is 3. The van der Waals surface area contributed by atoms with Crippen LogP contribution in [0, 0.1) is 5.92 Å². The minimum absolute atomic E-state index is 0.0261. The maximum atomic E-state index is 12.3. The monoisotopic (exact) mass is 314 g/mol. The predicted octanol–water partition coefficient (Wildman–Crippen LogP) is -0.451. The van der Waals surface area contributed by atoms with Crippen molar-refractivity contribution in [3.8, 4) is 0 Å². The van der Waals surface area contributed by atoms with Gasteiger partial charge in [0.05, 0.1) is 12.6 Å². The van der Waals surface area contributed by atoms with Crippen LogP contribution in [-0.4, -0.2) is 49.8 Å². The van der Waals surface area contributed by atoms with Gasteiger partial charge in [0.15, 0.2) is 0 Å². The van der Waals surface area contributed by atoms with Gasteiger partial charge in [-0.05, 0) is 45.7 Å². The Morgan fingerprint density at radius 3 is 2.18 bits per heavy atom. The van der Waals surface area contributed by atoms with E-state index in [2.05, 4.69) is 16.0 Å². The van der Waals surface area contributed by atoms with Crippen LogP contribution in [0.4, 0.5) is 0 Å². The molecule has 0 aliphatic heterocycles. The van der Waals surface area contributed by atoms with Gasteiger partial charge in [-0.1, -0.05) is 13.8 Å². The Bertz CT molecular complexity index is 372. The van der Waals surface area contributed by atoms with Gasteiger partial charge in [-0.15, -0.1) is 0 Å². The molecule has 22 heavy (non-hydrogen) atoms. The van der Waals surface area contributed by atoms with Crippen molar-refractivity contribution in [1.29, 1.82) is 0 Å². The van der Waals surface area contributed by atoms with Crippen molar-refractivity contribution in [2.45, 2.75) is 52.1 Å². The van der Waals surface area contributed by atoms with E-state index in [0.717, 1.165) is 12.8 Å². The van der Waals surface area contributed by atoms with Crippen LogP contribution < -0.4 is 21.7 Å². The first-order valence-electron chi connectivity index (χ1n) is 7.78.